The van der Waals surface area contributed by atoms with Crippen LogP contribution in [0, 0.1) is 0 Å². The van der Waals surface area contributed by atoms with E-state index in [1.165, 1.54) is 29.3 Å². The minimum absolute atomic E-state index is 0.0468. The summed E-state index contributed by atoms with van der Waals surface area (Å²) in [5.41, 5.74) is 1.80. The van der Waals surface area contributed by atoms with Crippen molar-refractivity contribution in [1.82, 2.24) is 9.78 Å². The van der Waals surface area contributed by atoms with Crippen molar-refractivity contribution in [2.75, 3.05) is 6.61 Å². The van der Waals surface area contributed by atoms with Crippen molar-refractivity contribution in [2.45, 2.75) is 19.9 Å². The molecule has 0 unspecified atom stereocenters. The second-order valence-electron chi connectivity index (χ2n) is 6.73. The molecule has 3 aromatic rings. The van der Waals surface area contributed by atoms with Gasteiger partial charge in [0.2, 0.25) is 0 Å². The van der Waals surface area contributed by atoms with E-state index in [9.17, 15) is 4.79 Å². The summed E-state index contributed by atoms with van der Waals surface area (Å²) in [5, 5.41) is 6.64. The fourth-order valence-corrected chi connectivity index (χ4v) is 3.29. The Morgan fingerprint density at radius 2 is 1.97 bits per heavy atom. The molecule has 0 atom stereocenters. The van der Waals surface area contributed by atoms with Gasteiger partial charge in [0.1, 0.15) is 5.76 Å². The predicted octanol–water partition coefficient (Wildman–Crippen LogP) is 5.14. The molecule has 0 aliphatic carbocycles. The molecule has 5 heteroatoms. The van der Waals surface area contributed by atoms with Gasteiger partial charge in [-0.2, -0.15) is 5.10 Å². The third-order valence-corrected chi connectivity index (χ3v) is 4.74. The molecule has 0 radical (unpaired) electrons. The minimum atomic E-state index is -0.0468. The molecule has 0 saturated carbocycles. The summed E-state index contributed by atoms with van der Waals surface area (Å²) in [7, 11) is 0. The molecule has 3 rings (SSSR count). The van der Waals surface area contributed by atoms with Crippen LogP contribution in [0.1, 0.15) is 12.5 Å². The highest BCUT2D eigenvalue weighted by atomic mass is 32.1. The first kappa shape index (κ1) is 20.7. The molecule has 0 amide bonds. The molecular weight excluding hydrogens is 380 g/mol. The quantitative estimate of drug-likeness (QED) is 0.232. The maximum atomic E-state index is 11.3. The van der Waals surface area contributed by atoms with Gasteiger partial charge < -0.3 is 4.74 Å². The first-order valence-corrected chi connectivity index (χ1v) is 9.85. The van der Waals surface area contributed by atoms with Gasteiger partial charge >= 0.3 is 0 Å². The van der Waals surface area contributed by atoms with Crippen LogP contribution in [0.2, 0.25) is 0 Å². The van der Waals surface area contributed by atoms with Crippen LogP contribution in [-0.2, 0) is 22.5 Å². The molecule has 0 spiro atoms. The summed E-state index contributed by atoms with van der Waals surface area (Å²) in [5.74, 6) is 0.525. The van der Waals surface area contributed by atoms with Crippen LogP contribution in [0.4, 0.5) is 0 Å². The third-order valence-electron chi connectivity index (χ3n) is 4.39. The van der Waals surface area contributed by atoms with Crippen molar-refractivity contribution in [3.8, 4) is 0 Å². The Bertz CT molecular complexity index is 1070. The predicted molar refractivity (Wildman–Crippen MR) is 121 cm³/mol. The van der Waals surface area contributed by atoms with Gasteiger partial charge in [-0.15, -0.1) is 12.6 Å². The van der Waals surface area contributed by atoms with Gasteiger partial charge in [0, 0.05) is 29.3 Å². The van der Waals surface area contributed by atoms with Gasteiger partial charge in [-0.3, -0.25) is 9.48 Å². The highest BCUT2D eigenvalue weighted by molar-refractivity contribution is 7.84. The second-order valence-corrected chi connectivity index (χ2v) is 7.27. The number of hydrogen-bond acceptors (Lipinski definition) is 4. The standard InChI is InChI=1S/C24H24N2O2S/c1-18(8-9-19(2)27)24(23(29)17-26-14-5-13-25-26)28-15-12-20-10-11-21-6-3-4-7-22(21)16-20/h3-11,13-14,16,29H,1,12,15,17H2,2H3/b9-8+,24-23+. The number of aromatic nitrogens is 2. The van der Waals surface area contributed by atoms with E-state index in [2.05, 4.69) is 54.6 Å². The lowest BCUT2D eigenvalue weighted by atomic mass is 10.1. The summed E-state index contributed by atoms with van der Waals surface area (Å²) in [6.07, 6.45) is 7.46. The van der Waals surface area contributed by atoms with Crippen LogP contribution in [0.15, 0.2) is 95.9 Å². The normalized spacial score (nSPS) is 12.2. The molecule has 0 saturated heterocycles. The Balaban J connectivity index is 1.72. The average molecular weight is 405 g/mol. The van der Waals surface area contributed by atoms with E-state index < -0.39 is 0 Å². The zero-order valence-electron chi connectivity index (χ0n) is 16.4. The number of benzene rings is 2. The Kier molecular flexibility index (Phi) is 7.09. The fourth-order valence-electron chi connectivity index (χ4n) is 2.94. The van der Waals surface area contributed by atoms with E-state index in [4.69, 9.17) is 4.74 Å². The number of carbonyl (C=O) groups is 1. The number of ketones is 1. The van der Waals surface area contributed by atoms with Crippen LogP contribution in [-0.4, -0.2) is 22.2 Å². The minimum Gasteiger partial charge on any atom is -0.492 e. The first-order chi connectivity index (χ1) is 14.0. The Morgan fingerprint density at radius 3 is 2.69 bits per heavy atom. The molecule has 0 aliphatic heterocycles. The van der Waals surface area contributed by atoms with Gasteiger partial charge in [-0.25, -0.2) is 0 Å². The average Bonchev–Trinajstić information content (AvgIpc) is 3.22. The van der Waals surface area contributed by atoms with Gasteiger partial charge in [0.25, 0.3) is 0 Å². The number of ether oxygens (including phenoxy) is 1. The van der Waals surface area contributed by atoms with Crippen LogP contribution in [0.25, 0.3) is 10.8 Å². The summed E-state index contributed by atoms with van der Waals surface area (Å²) in [4.78, 5) is 12.0. The molecule has 0 aliphatic rings. The summed E-state index contributed by atoms with van der Waals surface area (Å²) >= 11 is 4.62. The molecule has 0 fully saturated rings. The van der Waals surface area contributed by atoms with E-state index in [-0.39, 0.29) is 5.78 Å². The molecule has 1 aromatic heterocycles. The zero-order valence-corrected chi connectivity index (χ0v) is 17.3. The smallest absolute Gasteiger partial charge is 0.152 e. The molecule has 2 aromatic carbocycles. The van der Waals surface area contributed by atoms with E-state index in [1.807, 2.05) is 24.4 Å². The number of allylic oxidation sites excluding steroid dienone is 3. The molecule has 29 heavy (non-hydrogen) atoms. The largest absolute Gasteiger partial charge is 0.492 e. The molecule has 0 bridgehead atoms. The highest BCUT2D eigenvalue weighted by Crippen LogP contribution is 2.22. The number of nitrogens with zero attached hydrogens (tertiary/aromatic N) is 2. The van der Waals surface area contributed by atoms with E-state index >= 15 is 0 Å². The van der Waals surface area contributed by atoms with E-state index in [1.54, 1.807) is 17.0 Å². The Labute approximate surface area is 176 Å². The number of thiol groups is 1. The lowest BCUT2D eigenvalue weighted by Gasteiger charge is -2.15. The third kappa shape index (κ3) is 5.96. The maximum absolute atomic E-state index is 11.3. The van der Waals surface area contributed by atoms with Crippen molar-refractivity contribution in [3.05, 3.63) is 101 Å². The van der Waals surface area contributed by atoms with Gasteiger partial charge in [0.15, 0.2) is 5.78 Å². The number of fused-ring (bicyclic) bond motifs is 1. The van der Waals surface area contributed by atoms with Gasteiger partial charge in [-0.1, -0.05) is 49.0 Å². The van der Waals surface area contributed by atoms with Crippen LogP contribution in [0.5, 0.6) is 0 Å². The van der Waals surface area contributed by atoms with Crippen molar-refractivity contribution < 1.29 is 9.53 Å². The molecular formula is C24H24N2O2S. The van der Waals surface area contributed by atoms with Gasteiger partial charge in [-0.05, 0) is 41.5 Å². The van der Waals surface area contributed by atoms with Crippen molar-refractivity contribution >= 4 is 29.2 Å². The van der Waals surface area contributed by atoms with Gasteiger partial charge in [0.05, 0.1) is 13.2 Å². The van der Waals surface area contributed by atoms with E-state index in [0.29, 0.717) is 29.4 Å². The second kappa shape index (κ2) is 9.94. The molecule has 0 N–H and O–H groups in total. The van der Waals surface area contributed by atoms with Crippen molar-refractivity contribution in [2.24, 2.45) is 0 Å². The number of hydrogen-bond donors (Lipinski definition) is 1. The maximum Gasteiger partial charge on any atom is 0.152 e. The van der Waals surface area contributed by atoms with E-state index in [0.717, 1.165) is 6.42 Å². The van der Waals surface area contributed by atoms with Crippen molar-refractivity contribution in [1.29, 1.82) is 0 Å². The van der Waals surface area contributed by atoms with Crippen LogP contribution in [0.3, 0.4) is 0 Å². The fraction of sp³-hybridized carbons (Fsp3) is 0.167. The molecule has 1 heterocycles. The molecule has 4 nitrogen and oxygen atoms in total. The molecule has 148 valence electrons. The summed E-state index contributed by atoms with van der Waals surface area (Å²) in [6, 6.07) is 16.6. The van der Waals surface area contributed by atoms with Crippen LogP contribution < -0.4 is 0 Å². The lowest BCUT2D eigenvalue weighted by molar-refractivity contribution is -0.112. The summed E-state index contributed by atoms with van der Waals surface area (Å²) in [6.45, 7) is 6.49. The topological polar surface area (TPSA) is 44.1 Å². The number of rotatable bonds is 9. The lowest BCUT2D eigenvalue weighted by Crippen LogP contribution is -2.06. The monoisotopic (exact) mass is 404 g/mol. The number of carbonyl (C=O) groups excluding carboxylic acids is 1. The SMILES string of the molecule is C=C(/C=C/C(C)=O)/C(OCCc1ccc2ccccc2c1)=C(\S)Cn1cccn1. The zero-order chi connectivity index (χ0) is 20.6. The van der Waals surface area contributed by atoms with Crippen molar-refractivity contribution in [3.63, 3.8) is 0 Å². The Morgan fingerprint density at radius 1 is 1.17 bits per heavy atom. The Hall–Kier alpha value is -3.05. The highest BCUT2D eigenvalue weighted by Gasteiger charge is 2.10. The summed E-state index contributed by atoms with van der Waals surface area (Å²) < 4.78 is 7.82. The van der Waals surface area contributed by atoms with Crippen LogP contribution >= 0.6 is 12.6 Å². The first-order valence-electron chi connectivity index (χ1n) is 9.41.